The second-order valence-corrected chi connectivity index (χ2v) is 8.28. The number of hydrogen-bond acceptors (Lipinski definition) is 8. The minimum absolute atomic E-state index is 0.365. The minimum atomic E-state index is -4.34. The van der Waals surface area contributed by atoms with E-state index in [2.05, 4.69) is 4.18 Å². The monoisotopic (exact) mass is 381 g/mol. The molecular formula is C11H15N3O8S2. The van der Waals surface area contributed by atoms with Crippen LogP contribution in [0.5, 0.6) is 0 Å². The van der Waals surface area contributed by atoms with E-state index < -0.39 is 53.7 Å². The number of carbonyl (C=O) groups is 1. The first-order valence-corrected chi connectivity index (χ1v) is 9.51. The maximum Gasteiger partial charge on any atom is 0.283 e. The molecule has 2 N–H and O–H groups in total. The second-order valence-electron chi connectivity index (χ2n) is 4.62. The van der Waals surface area contributed by atoms with Crippen LogP contribution in [0.2, 0.25) is 0 Å². The zero-order valence-corrected chi connectivity index (χ0v) is 14.3. The number of primary amides is 1. The summed E-state index contributed by atoms with van der Waals surface area (Å²) in [5, 5.41) is 11.0. The molecule has 1 rings (SSSR count). The van der Waals surface area contributed by atoms with E-state index in [4.69, 9.17) is 5.73 Å². The predicted octanol–water partition coefficient (Wildman–Crippen LogP) is -0.710. The molecule has 0 aliphatic rings. The number of nitrogens with two attached hydrogens (primary N) is 1. The molecule has 24 heavy (non-hydrogen) atoms. The molecule has 1 aromatic rings. The van der Waals surface area contributed by atoms with Crippen molar-refractivity contribution in [1.29, 1.82) is 0 Å². The molecule has 0 aliphatic carbocycles. The maximum atomic E-state index is 12.5. The third kappa shape index (κ3) is 4.70. The summed E-state index contributed by atoms with van der Waals surface area (Å²) in [6, 6.07) is 3.04. The molecule has 0 saturated carbocycles. The number of hydrogen-bond donors (Lipinski definition) is 1. The molecule has 0 atom stereocenters. The SMILES string of the molecule is CN(CCOS(C)(=O)=O)S(=O)(=O)c1cccc([N+](=O)[O-])c1C(N)=O. The van der Waals surface area contributed by atoms with Gasteiger partial charge in [-0.2, -0.15) is 12.7 Å². The van der Waals surface area contributed by atoms with Crippen LogP contribution < -0.4 is 5.73 Å². The van der Waals surface area contributed by atoms with E-state index in [1.54, 1.807) is 0 Å². The Morgan fingerprint density at radius 1 is 1.33 bits per heavy atom. The lowest BCUT2D eigenvalue weighted by Gasteiger charge is -2.18. The highest BCUT2D eigenvalue weighted by Crippen LogP contribution is 2.27. The van der Waals surface area contributed by atoms with Gasteiger partial charge in [0.2, 0.25) is 10.0 Å². The molecule has 0 heterocycles. The van der Waals surface area contributed by atoms with E-state index in [0.29, 0.717) is 4.31 Å². The molecule has 134 valence electrons. The predicted molar refractivity (Wildman–Crippen MR) is 82.2 cm³/mol. The van der Waals surface area contributed by atoms with Crippen LogP contribution in [0.25, 0.3) is 0 Å². The summed E-state index contributed by atoms with van der Waals surface area (Å²) in [7, 11) is -6.99. The minimum Gasteiger partial charge on any atom is -0.365 e. The fraction of sp³-hybridized carbons (Fsp3) is 0.364. The van der Waals surface area contributed by atoms with Gasteiger partial charge in [0, 0.05) is 19.7 Å². The van der Waals surface area contributed by atoms with Crippen molar-refractivity contribution in [3.8, 4) is 0 Å². The lowest BCUT2D eigenvalue weighted by Crippen LogP contribution is -2.32. The normalized spacial score (nSPS) is 12.3. The summed E-state index contributed by atoms with van der Waals surface area (Å²) >= 11 is 0. The summed E-state index contributed by atoms with van der Waals surface area (Å²) in [4.78, 5) is 20.9. The highest BCUT2D eigenvalue weighted by Gasteiger charge is 2.31. The molecule has 11 nitrogen and oxygen atoms in total. The highest BCUT2D eigenvalue weighted by molar-refractivity contribution is 7.89. The third-order valence-corrected chi connectivity index (χ3v) is 5.33. The Labute approximate surface area is 138 Å². The van der Waals surface area contributed by atoms with Gasteiger partial charge < -0.3 is 5.73 Å². The quantitative estimate of drug-likeness (QED) is 0.350. The number of sulfonamides is 1. The fourth-order valence-electron chi connectivity index (χ4n) is 1.74. The van der Waals surface area contributed by atoms with Gasteiger partial charge in [-0.25, -0.2) is 8.42 Å². The third-order valence-electron chi connectivity index (χ3n) is 2.84. The topological polar surface area (TPSA) is 167 Å². The van der Waals surface area contributed by atoms with Crippen LogP contribution >= 0.6 is 0 Å². The largest absolute Gasteiger partial charge is 0.365 e. The van der Waals surface area contributed by atoms with Crippen LogP contribution in [0.15, 0.2) is 23.1 Å². The van der Waals surface area contributed by atoms with Crippen molar-refractivity contribution < 1.29 is 30.7 Å². The molecule has 0 bridgehead atoms. The van der Waals surface area contributed by atoms with Gasteiger partial charge in [-0.3, -0.25) is 19.1 Å². The van der Waals surface area contributed by atoms with Crippen molar-refractivity contribution in [3.05, 3.63) is 33.9 Å². The molecule has 1 aromatic carbocycles. The maximum absolute atomic E-state index is 12.5. The van der Waals surface area contributed by atoms with Gasteiger partial charge in [-0.05, 0) is 6.07 Å². The van der Waals surface area contributed by atoms with Gasteiger partial charge in [-0.15, -0.1) is 0 Å². The zero-order chi connectivity index (χ0) is 18.7. The van der Waals surface area contributed by atoms with Crippen molar-refractivity contribution in [1.82, 2.24) is 4.31 Å². The first-order chi connectivity index (χ1) is 10.9. The average Bonchev–Trinajstić information content (AvgIpc) is 2.44. The van der Waals surface area contributed by atoms with Crippen molar-refractivity contribution in [2.75, 3.05) is 26.5 Å². The highest BCUT2D eigenvalue weighted by atomic mass is 32.2. The molecule has 0 fully saturated rings. The molecule has 0 spiro atoms. The first-order valence-electron chi connectivity index (χ1n) is 6.26. The van der Waals surface area contributed by atoms with Crippen LogP contribution in [0.1, 0.15) is 10.4 Å². The van der Waals surface area contributed by atoms with E-state index in [1.807, 2.05) is 0 Å². The van der Waals surface area contributed by atoms with Gasteiger partial charge in [-0.1, -0.05) is 6.07 Å². The van der Waals surface area contributed by atoms with Crippen LogP contribution in [0, 0.1) is 10.1 Å². The van der Waals surface area contributed by atoms with E-state index in [0.717, 1.165) is 31.5 Å². The van der Waals surface area contributed by atoms with Crippen molar-refractivity contribution in [3.63, 3.8) is 0 Å². The van der Waals surface area contributed by atoms with Crippen LogP contribution in [-0.4, -0.2) is 58.4 Å². The Bertz CT molecular complexity index is 863. The molecule has 0 saturated heterocycles. The smallest absolute Gasteiger partial charge is 0.283 e. The van der Waals surface area contributed by atoms with Crippen LogP contribution in [0.3, 0.4) is 0 Å². The van der Waals surface area contributed by atoms with Crippen LogP contribution in [0.4, 0.5) is 5.69 Å². The summed E-state index contributed by atoms with van der Waals surface area (Å²) in [6.07, 6.45) is 0.799. The number of nitro groups is 1. The Kier molecular flexibility index (Phi) is 5.99. The van der Waals surface area contributed by atoms with Crippen LogP contribution in [-0.2, 0) is 24.3 Å². The Morgan fingerprint density at radius 3 is 2.38 bits per heavy atom. The fourth-order valence-corrected chi connectivity index (χ4v) is 3.48. The van der Waals surface area contributed by atoms with Crippen molar-refractivity contribution in [2.24, 2.45) is 5.73 Å². The summed E-state index contributed by atoms with van der Waals surface area (Å²) in [6.45, 7) is -0.828. The van der Waals surface area contributed by atoms with Gasteiger partial charge in [0.1, 0.15) is 10.5 Å². The summed E-state index contributed by atoms with van der Waals surface area (Å²) in [5.74, 6) is -1.28. The Morgan fingerprint density at radius 2 is 1.92 bits per heavy atom. The van der Waals surface area contributed by atoms with Gasteiger partial charge >= 0.3 is 0 Å². The summed E-state index contributed by atoms with van der Waals surface area (Å²) < 4.78 is 51.8. The zero-order valence-electron chi connectivity index (χ0n) is 12.7. The Balaban J connectivity index is 3.26. The number of rotatable bonds is 8. The number of nitrogens with zero attached hydrogens (tertiary/aromatic N) is 2. The van der Waals surface area contributed by atoms with Gasteiger partial charge in [0.25, 0.3) is 21.7 Å². The molecule has 0 aliphatic heterocycles. The molecule has 0 unspecified atom stereocenters. The number of amides is 1. The summed E-state index contributed by atoms with van der Waals surface area (Å²) in [5.41, 5.74) is 3.58. The lowest BCUT2D eigenvalue weighted by molar-refractivity contribution is -0.385. The molecule has 0 aromatic heterocycles. The van der Waals surface area contributed by atoms with Gasteiger partial charge in [0.15, 0.2) is 0 Å². The first kappa shape index (κ1) is 20.0. The van der Waals surface area contributed by atoms with E-state index >= 15 is 0 Å². The number of nitro benzene ring substituents is 1. The standard InChI is InChI=1S/C11H15N3O8S2/c1-13(6-7-22-23(2,18)19)24(20,21)9-5-3-4-8(14(16)17)10(9)11(12)15/h3-5H,6-7H2,1-2H3,(H2,12,15). The average molecular weight is 381 g/mol. The molecule has 1 amide bonds. The lowest BCUT2D eigenvalue weighted by atomic mass is 10.2. The van der Waals surface area contributed by atoms with E-state index in [-0.39, 0.29) is 6.54 Å². The number of carbonyl (C=O) groups excluding carboxylic acids is 1. The van der Waals surface area contributed by atoms with Gasteiger partial charge in [0.05, 0.1) is 17.8 Å². The molecule has 0 radical (unpaired) electrons. The number of likely N-dealkylation sites (N-methyl/N-ethyl adjacent to an activating group) is 1. The second kappa shape index (κ2) is 7.21. The van der Waals surface area contributed by atoms with Crippen molar-refractivity contribution in [2.45, 2.75) is 4.90 Å². The number of benzene rings is 1. The van der Waals surface area contributed by atoms with E-state index in [1.165, 1.54) is 0 Å². The van der Waals surface area contributed by atoms with Crippen molar-refractivity contribution >= 4 is 31.7 Å². The molecule has 13 heteroatoms. The molecular weight excluding hydrogens is 366 g/mol. The van der Waals surface area contributed by atoms with E-state index in [9.17, 15) is 31.7 Å². The Hall–Kier alpha value is -2.09.